The predicted molar refractivity (Wildman–Crippen MR) is 138 cm³/mol. The van der Waals surface area contributed by atoms with Crippen LogP contribution in [0.1, 0.15) is 45.1 Å². The van der Waals surface area contributed by atoms with Crippen LogP contribution in [0.5, 0.6) is 0 Å². The van der Waals surface area contributed by atoms with Crippen molar-refractivity contribution in [3.8, 4) is 0 Å². The van der Waals surface area contributed by atoms with Crippen LogP contribution >= 0.6 is 0 Å². The first-order valence-corrected chi connectivity index (χ1v) is 12.2. The molecule has 0 fully saturated rings. The molecule has 12 heteroatoms. The fraction of sp³-hybridized carbons (Fsp3) is 0.440. The summed E-state index contributed by atoms with van der Waals surface area (Å²) in [6.07, 6.45) is 4.46. The standard InChI is InChI=1S/C25H33BN4O7/c1-16(2)23(29-19(31)6-4-3-5-13-30-21(33)11-12-22(30)34)24(35)27-14-20(32)28-18-9-7-17(8-10-18)15-37-25(26)36/h7-12,16,23H,3-6,13-15,26H2,1-2H3,(H,27,35)(H,28,32)(H,29,31). The van der Waals surface area contributed by atoms with Crippen LogP contribution in [0.25, 0.3) is 0 Å². The van der Waals surface area contributed by atoms with Gasteiger partial charge in [0.25, 0.3) is 11.8 Å². The molecule has 1 atom stereocenters. The summed E-state index contributed by atoms with van der Waals surface area (Å²) in [5.74, 6) is -2.41. The summed E-state index contributed by atoms with van der Waals surface area (Å²) in [7, 11) is 1.32. The maximum atomic E-state index is 12.6. The van der Waals surface area contributed by atoms with E-state index in [4.69, 9.17) is 4.74 Å². The second kappa shape index (κ2) is 14.6. The van der Waals surface area contributed by atoms with Gasteiger partial charge in [-0.2, -0.15) is 0 Å². The highest BCUT2D eigenvalue weighted by atomic mass is 16.5. The Kier molecular flexibility index (Phi) is 11.5. The van der Waals surface area contributed by atoms with Gasteiger partial charge in [-0.15, -0.1) is 0 Å². The molecule has 1 aromatic rings. The molecule has 0 saturated heterocycles. The highest BCUT2D eigenvalue weighted by Crippen LogP contribution is 2.11. The fourth-order valence-electron chi connectivity index (χ4n) is 3.52. The minimum Gasteiger partial charge on any atom is -0.469 e. The SMILES string of the molecule is BC(=O)OCc1ccc(NC(=O)CNC(=O)C(NC(=O)CCCCCN2C(=O)C=CC2=O)C(C)C)cc1. The molecule has 2 rings (SSSR count). The molecule has 0 aromatic heterocycles. The molecule has 1 aromatic carbocycles. The van der Waals surface area contributed by atoms with Gasteiger partial charge < -0.3 is 20.7 Å². The number of benzene rings is 1. The van der Waals surface area contributed by atoms with E-state index in [-0.39, 0.29) is 49.1 Å². The van der Waals surface area contributed by atoms with E-state index in [1.54, 1.807) is 38.1 Å². The van der Waals surface area contributed by atoms with Gasteiger partial charge in [0.1, 0.15) is 12.6 Å². The van der Waals surface area contributed by atoms with E-state index < -0.39 is 17.9 Å². The van der Waals surface area contributed by atoms with Crippen LogP contribution < -0.4 is 16.0 Å². The molecule has 1 unspecified atom stereocenters. The molecule has 1 aliphatic rings. The fourth-order valence-corrected chi connectivity index (χ4v) is 3.52. The first-order valence-electron chi connectivity index (χ1n) is 12.2. The molecule has 3 N–H and O–H groups in total. The van der Waals surface area contributed by atoms with Crippen LogP contribution in [0, 0.1) is 5.92 Å². The third-order valence-corrected chi connectivity index (χ3v) is 5.55. The van der Waals surface area contributed by atoms with Gasteiger partial charge in [0.05, 0.1) is 6.54 Å². The summed E-state index contributed by atoms with van der Waals surface area (Å²) in [6.45, 7) is 3.76. The van der Waals surface area contributed by atoms with Crippen LogP contribution in [0.15, 0.2) is 36.4 Å². The lowest BCUT2D eigenvalue weighted by Gasteiger charge is -2.21. The number of rotatable bonds is 14. The Balaban J connectivity index is 1.69. The van der Waals surface area contributed by atoms with Gasteiger partial charge in [-0.3, -0.25) is 33.7 Å². The summed E-state index contributed by atoms with van der Waals surface area (Å²) in [4.78, 5) is 72.3. The number of unbranched alkanes of at least 4 members (excludes halogenated alkanes) is 2. The Labute approximate surface area is 216 Å². The highest BCUT2D eigenvalue weighted by molar-refractivity contribution is 6.55. The summed E-state index contributed by atoms with van der Waals surface area (Å²) >= 11 is 0. The minimum atomic E-state index is -0.799. The number of carbonyl (C=O) groups excluding carboxylic acids is 6. The molecule has 5 amide bonds. The van der Waals surface area contributed by atoms with Gasteiger partial charge in [-0.05, 0) is 36.5 Å². The lowest BCUT2D eigenvalue weighted by atomic mass is 10.0. The molecule has 0 aliphatic carbocycles. The number of nitrogens with zero attached hydrogens (tertiary/aromatic N) is 1. The summed E-state index contributed by atoms with van der Waals surface area (Å²) in [5.41, 5.74) is 1.29. The van der Waals surface area contributed by atoms with E-state index in [1.165, 1.54) is 20.0 Å². The number of carbonyl (C=O) groups is 6. The van der Waals surface area contributed by atoms with E-state index >= 15 is 0 Å². The average molecular weight is 512 g/mol. The maximum absolute atomic E-state index is 12.6. The Hall–Kier alpha value is -3.96. The van der Waals surface area contributed by atoms with E-state index in [2.05, 4.69) is 16.0 Å². The molecule has 11 nitrogen and oxygen atoms in total. The number of nitrogens with one attached hydrogen (secondary N) is 3. The zero-order valence-corrected chi connectivity index (χ0v) is 21.4. The second-order valence-corrected chi connectivity index (χ2v) is 9.00. The zero-order chi connectivity index (χ0) is 27.4. The molecular formula is C25H33BN4O7. The Morgan fingerprint density at radius 3 is 2.19 bits per heavy atom. The van der Waals surface area contributed by atoms with Crippen molar-refractivity contribution in [3.05, 3.63) is 42.0 Å². The molecule has 198 valence electrons. The molecule has 0 radical (unpaired) electrons. The van der Waals surface area contributed by atoms with Gasteiger partial charge in [0.15, 0.2) is 0 Å². The third-order valence-electron chi connectivity index (χ3n) is 5.55. The largest absolute Gasteiger partial charge is 0.469 e. The van der Waals surface area contributed by atoms with Crippen molar-refractivity contribution in [2.24, 2.45) is 5.92 Å². The quantitative estimate of drug-likeness (QED) is 0.188. The normalized spacial score (nSPS) is 13.4. The van der Waals surface area contributed by atoms with E-state index in [0.717, 1.165) is 10.5 Å². The monoisotopic (exact) mass is 512 g/mol. The second-order valence-electron chi connectivity index (χ2n) is 9.00. The molecule has 37 heavy (non-hydrogen) atoms. The van der Waals surface area contributed by atoms with Gasteiger partial charge >= 0.3 is 0 Å². The Morgan fingerprint density at radius 2 is 1.59 bits per heavy atom. The molecule has 0 spiro atoms. The number of hydrogen-bond donors (Lipinski definition) is 3. The summed E-state index contributed by atoms with van der Waals surface area (Å²) < 4.78 is 4.91. The van der Waals surface area contributed by atoms with E-state index in [9.17, 15) is 28.8 Å². The molecular weight excluding hydrogens is 479 g/mol. The zero-order valence-electron chi connectivity index (χ0n) is 21.4. The van der Waals surface area contributed by atoms with Crippen LogP contribution in [-0.2, 0) is 35.3 Å². The third kappa shape index (κ3) is 10.3. The van der Waals surface area contributed by atoms with E-state index in [0.29, 0.717) is 31.5 Å². The van der Waals surface area contributed by atoms with Crippen molar-refractivity contribution in [1.82, 2.24) is 15.5 Å². The smallest absolute Gasteiger partial charge is 0.253 e. The van der Waals surface area contributed by atoms with Crippen LogP contribution in [-0.4, -0.2) is 67.3 Å². The Morgan fingerprint density at radius 1 is 0.946 bits per heavy atom. The highest BCUT2D eigenvalue weighted by Gasteiger charge is 2.25. The topological polar surface area (TPSA) is 151 Å². The lowest BCUT2D eigenvalue weighted by Crippen LogP contribution is -2.51. The number of ether oxygens (including phenoxy) is 1. The van der Waals surface area contributed by atoms with Crippen molar-refractivity contribution in [3.63, 3.8) is 0 Å². The summed E-state index contributed by atoms with van der Waals surface area (Å²) in [5, 5.41) is 7.93. The minimum absolute atomic E-state index is 0.139. The van der Waals surface area contributed by atoms with Crippen molar-refractivity contribution in [1.29, 1.82) is 0 Å². The molecule has 1 heterocycles. The van der Waals surface area contributed by atoms with Crippen LogP contribution in [0.4, 0.5) is 10.5 Å². The molecule has 1 aliphatic heterocycles. The first-order chi connectivity index (χ1) is 17.6. The number of anilines is 1. The van der Waals surface area contributed by atoms with Gasteiger partial charge in [-0.1, -0.05) is 32.4 Å². The first kappa shape index (κ1) is 29.3. The Bertz CT molecular complexity index is 1020. The van der Waals surface area contributed by atoms with Crippen molar-refractivity contribution < 1.29 is 33.5 Å². The van der Waals surface area contributed by atoms with Crippen LogP contribution in [0.2, 0.25) is 0 Å². The van der Waals surface area contributed by atoms with Crippen LogP contribution in [0.3, 0.4) is 0 Å². The summed E-state index contributed by atoms with van der Waals surface area (Å²) in [6, 6.07) is 5.95. The van der Waals surface area contributed by atoms with Crippen molar-refractivity contribution in [2.75, 3.05) is 18.4 Å². The van der Waals surface area contributed by atoms with Crippen molar-refractivity contribution >= 4 is 48.9 Å². The molecule has 0 saturated carbocycles. The number of amides is 5. The van der Waals surface area contributed by atoms with Gasteiger partial charge in [0, 0.05) is 30.8 Å². The van der Waals surface area contributed by atoms with Crippen molar-refractivity contribution in [2.45, 2.75) is 52.2 Å². The lowest BCUT2D eigenvalue weighted by molar-refractivity contribution is -0.137. The van der Waals surface area contributed by atoms with E-state index in [1.807, 2.05) is 0 Å². The molecule has 0 bridgehead atoms. The maximum Gasteiger partial charge on any atom is 0.253 e. The predicted octanol–water partition coefficient (Wildman–Crippen LogP) is 0.637. The number of imide groups is 1. The average Bonchev–Trinajstić information content (AvgIpc) is 3.17. The van der Waals surface area contributed by atoms with Gasteiger partial charge in [-0.25, -0.2) is 0 Å². The van der Waals surface area contributed by atoms with Gasteiger partial charge in [0.2, 0.25) is 31.4 Å². The number of hydrogen-bond acceptors (Lipinski definition) is 7.